The molecule has 2 rings (SSSR count). The second kappa shape index (κ2) is 5.45. The molecule has 0 bridgehead atoms. The zero-order valence-corrected chi connectivity index (χ0v) is 12.2. The SMILES string of the molecule is COc1c(Cl)ccc(Cl)c1C(N)c1nc(C)cs1. The van der Waals surface area contributed by atoms with E-state index in [1.807, 2.05) is 12.3 Å². The van der Waals surface area contributed by atoms with Gasteiger partial charge in [0.05, 0.1) is 18.2 Å². The lowest BCUT2D eigenvalue weighted by atomic mass is 10.1. The maximum atomic E-state index is 6.20. The highest BCUT2D eigenvalue weighted by molar-refractivity contribution is 7.09. The molecule has 0 fully saturated rings. The van der Waals surface area contributed by atoms with Crippen LogP contribution in [0.4, 0.5) is 0 Å². The van der Waals surface area contributed by atoms with Crippen LogP contribution in [0.25, 0.3) is 0 Å². The fraction of sp³-hybridized carbons (Fsp3) is 0.250. The number of halogens is 2. The van der Waals surface area contributed by atoms with Gasteiger partial charge in [-0.2, -0.15) is 0 Å². The van der Waals surface area contributed by atoms with Gasteiger partial charge >= 0.3 is 0 Å². The van der Waals surface area contributed by atoms with Gasteiger partial charge in [-0.25, -0.2) is 4.98 Å². The van der Waals surface area contributed by atoms with E-state index in [0.29, 0.717) is 21.4 Å². The van der Waals surface area contributed by atoms with Crippen molar-refractivity contribution >= 4 is 34.5 Å². The molecule has 0 spiro atoms. The van der Waals surface area contributed by atoms with Gasteiger partial charge in [0.15, 0.2) is 0 Å². The summed E-state index contributed by atoms with van der Waals surface area (Å²) in [4.78, 5) is 4.37. The largest absolute Gasteiger partial charge is 0.495 e. The number of aryl methyl sites for hydroxylation is 1. The first-order chi connectivity index (χ1) is 8.54. The summed E-state index contributed by atoms with van der Waals surface area (Å²) < 4.78 is 5.29. The van der Waals surface area contributed by atoms with Crippen LogP contribution >= 0.6 is 34.5 Å². The van der Waals surface area contributed by atoms with Gasteiger partial charge in [0.2, 0.25) is 0 Å². The van der Waals surface area contributed by atoms with Crippen LogP contribution in [-0.2, 0) is 0 Å². The first kappa shape index (κ1) is 13.6. The minimum atomic E-state index is -0.440. The molecule has 96 valence electrons. The lowest BCUT2D eigenvalue weighted by molar-refractivity contribution is 0.408. The van der Waals surface area contributed by atoms with Crippen molar-refractivity contribution in [2.45, 2.75) is 13.0 Å². The first-order valence-corrected chi connectivity index (χ1v) is 6.87. The van der Waals surface area contributed by atoms with Crippen LogP contribution in [0.5, 0.6) is 5.75 Å². The number of hydrogen-bond acceptors (Lipinski definition) is 4. The molecule has 0 aliphatic carbocycles. The van der Waals surface area contributed by atoms with Crippen molar-refractivity contribution in [3.8, 4) is 5.75 Å². The van der Waals surface area contributed by atoms with Crippen LogP contribution in [0.2, 0.25) is 10.0 Å². The number of benzene rings is 1. The van der Waals surface area contributed by atoms with Crippen molar-refractivity contribution < 1.29 is 4.74 Å². The summed E-state index contributed by atoms with van der Waals surface area (Å²) in [5, 5.41) is 3.74. The second-order valence-corrected chi connectivity index (χ2v) is 5.49. The molecule has 1 aromatic carbocycles. The average Bonchev–Trinajstić information content (AvgIpc) is 2.77. The number of nitrogens with zero attached hydrogens (tertiary/aromatic N) is 1. The van der Waals surface area contributed by atoms with Crippen LogP contribution in [0.1, 0.15) is 22.3 Å². The quantitative estimate of drug-likeness (QED) is 0.938. The Kier molecular flexibility index (Phi) is 4.12. The Labute approximate surface area is 120 Å². The van der Waals surface area contributed by atoms with E-state index >= 15 is 0 Å². The minimum Gasteiger partial charge on any atom is -0.495 e. The Hall–Kier alpha value is -0.810. The number of hydrogen-bond donors (Lipinski definition) is 1. The summed E-state index contributed by atoms with van der Waals surface area (Å²) in [7, 11) is 1.54. The monoisotopic (exact) mass is 302 g/mol. The maximum Gasteiger partial charge on any atom is 0.144 e. The topological polar surface area (TPSA) is 48.1 Å². The van der Waals surface area contributed by atoms with Gasteiger partial charge in [-0.15, -0.1) is 11.3 Å². The van der Waals surface area contributed by atoms with Crippen molar-refractivity contribution in [3.63, 3.8) is 0 Å². The van der Waals surface area contributed by atoms with Gasteiger partial charge in [-0.05, 0) is 19.1 Å². The fourth-order valence-corrected chi connectivity index (χ4v) is 3.00. The Balaban J connectivity index is 2.53. The molecule has 2 N–H and O–H groups in total. The number of rotatable bonds is 3. The summed E-state index contributed by atoms with van der Waals surface area (Å²) >= 11 is 13.8. The van der Waals surface area contributed by atoms with E-state index in [9.17, 15) is 0 Å². The van der Waals surface area contributed by atoms with E-state index in [2.05, 4.69) is 4.98 Å². The predicted molar refractivity (Wildman–Crippen MR) is 75.9 cm³/mol. The standard InChI is InChI=1S/C12H12Cl2N2OS/c1-6-5-18-12(16-6)10(15)9-7(13)3-4-8(14)11(9)17-2/h3-5,10H,15H2,1-2H3. The molecule has 1 atom stereocenters. The number of aromatic nitrogens is 1. The molecule has 2 aromatic rings. The molecule has 0 saturated heterocycles. The van der Waals surface area contributed by atoms with Crippen molar-refractivity contribution in [2.24, 2.45) is 5.73 Å². The van der Waals surface area contributed by atoms with Gasteiger partial charge in [0.25, 0.3) is 0 Å². The first-order valence-electron chi connectivity index (χ1n) is 5.24. The van der Waals surface area contributed by atoms with Crippen LogP contribution in [-0.4, -0.2) is 12.1 Å². The molecular formula is C12H12Cl2N2OS. The summed E-state index contributed by atoms with van der Waals surface area (Å²) in [5.74, 6) is 0.504. The van der Waals surface area contributed by atoms with Crippen LogP contribution in [0, 0.1) is 6.92 Å². The van der Waals surface area contributed by atoms with Crippen LogP contribution < -0.4 is 10.5 Å². The lowest BCUT2D eigenvalue weighted by Crippen LogP contribution is -2.13. The molecule has 0 radical (unpaired) electrons. The van der Waals surface area contributed by atoms with E-state index in [1.54, 1.807) is 19.2 Å². The number of thiazole rings is 1. The summed E-state index contributed by atoms with van der Waals surface area (Å²) in [6, 6.07) is 2.96. The summed E-state index contributed by atoms with van der Waals surface area (Å²) in [6.07, 6.45) is 0. The molecule has 3 nitrogen and oxygen atoms in total. The van der Waals surface area contributed by atoms with Gasteiger partial charge in [0.1, 0.15) is 10.8 Å². The predicted octanol–water partition coefficient (Wildman–Crippen LogP) is 3.82. The highest BCUT2D eigenvalue weighted by atomic mass is 35.5. The number of methoxy groups -OCH3 is 1. The van der Waals surface area contributed by atoms with E-state index in [1.165, 1.54) is 11.3 Å². The third-order valence-corrected chi connectivity index (χ3v) is 4.19. The zero-order chi connectivity index (χ0) is 13.3. The Bertz CT molecular complexity index is 571. The highest BCUT2D eigenvalue weighted by Gasteiger charge is 2.22. The zero-order valence-electron chi connectivity index (χ0n) is 9.91. The third kappa shape index (κ3) is 2.47. The van der Waals surface area contributed by atoms with Crippen LogP contribution in [0.3, 0.4) is 0 Å². The smallest absolute Gasteiger partial charge is 0.144 e. The molecule has 1 heterocycles. The molecule has 0 amide bonds. The molecule has 0 saturated carbocycles. The maximum absolute atomic E-state index is 6.20. The van der Waals surface area contributed by atoms with Gasteiger partial charge in [-0.3, -0.25) is 0 Å². The molecule has 18 heavy (non-hydrogen) atoms. The summed E-state index contributed by atoms with van der Waals surface area (Å²) in [6.45, 7) is 1.92. The van der Waals surface area contributed by atoms with E-state index in [4.69, 9.17) is 33.7 Å². The normalized spacial score (nSPS) is 12.5. The van der Waals surface area contributed by atoms with Gasteiger partial charge in [-0.1, -0.05) is 23.2 Å². The average molecular weight is 303 g/mol. The van der Waals surface area contributed by atoms with Crippen LogP contribution in [0.15, 0.2) is 17.5 Å². The Morgan fingerprint density at radius 1 is 1.33 bits per heavy atom. The van der Waals surface area contributed by atoms with Crippen molar-refractivity contribution in [3.05, 3.63) is 43.8 Å². The van der Waals surface area contributed by atoms with E-state index in [-0.39, 0.29) is 0 Å². The number of ether oxygens (including phenoxy) is 1. The Morgan fingerprint density at radius 2 is 2.00 bits per heavy atom. The molecule has 0 aliphatic rings. The van der Waals surface area contributed by atoms with Gasteiger partial charge < -0.3 is 10.5 Å². The Morgan fingerprint density at radius 3 is 2.56 bits per heavy atom. The molecule has 1 unspecified atom stereocenters. The third-order valence-electron chi connectivity index (χ3n) is 2.51. The van der Waals surface area contributed by atoms with Gasteiger partial charge in [0, 0.05) is 21.7 Å². The minimum absolute atomic E-state index is 0.440. The fourth-order valence-electron chi connectivity index (χ4n) is 1.68. The molecule has 6 heteroatoms. The number of nitrogens with two attached hydrogens (primary N) is 1. The van der Waals surface area contributed by atoms with Crippen molar-refractivity contribution in [1.82, 2.24) is 4.98 Å². The second-order valence-electron chi connectivity index (χ2n) is 3.78. The lowest BCUT2D eigenvalue weighted by Gasteiger charge is -2.16. The van der Waals surface area contributed by atoms with E-state index in [0.717, 1.165) is 10.7 Å². The van der Waals surface area contributed by atoms with Crippen molar-refractivity contribution in [1.29, 1.82) is 0 Å². The molecule has 0 aliphatic heterocycles. The van der Waals surface area contributed by atoms with Crippen molar-refractivity contribution in [2.75, 3.05) is 7.11 Å². The molecular weight excluding hydrogens is 291 g/mol. The highest BCUT2D eigenvalue weighted by Crippen LogP contribution is 2.39. The summed E-state index contributed by atoms with van der Waals surface area (Å²) in [5.41, 5.74) is 7.80. The van der Waals surface area contributed by atoms with E-state index < -0.39 is 6.04 Å². The molecule has 1 aromatic heterocycles.